The minimum absolute atomic E-state index is 0.588. The SMILES string of the molecule is CC(C(/C=C\C=N)C(F)(F)F)N1CCN(C)CC1. The minimum atomic E-state index is -4.26. The molecule has 6 heteroatoms. The first-order valence-electron chi connectivity index (χ1n) is 6.03. The number of likely N-dealkylation sites (N-methyl/N-ethyl adjacent to an activating group) is 1. The van der Waals surface area contributed by atoms with Crippen molar-refractivity contribution in [3.63, 3.8) is 0 Å². The van der Waals surface area contributed by atoms with Gasteiger partial charge in [0, 0.05) is 38.4 Å². The molecule has 0 aliphatic carbocycles. The fourth-order valence-corrected chi connectivity index (χ4v) is 2.17. The van der Waals surface area contributed by atoms with E-state index in [9.17, 15) is 13.2 Å². The molecule has 0 saturated carbocycles. The van der Waals surface area contributed by atoms with Crippen molar-refractivity contribution in [2.45, 2.75) is 19.1 Å². The van der Waals surface area contributed by atoms with E-state index in [1.54, 1.807) is 6.92 Å². The zero-order chi connectivity index (χ0) is 13.8. The summed E-state index contributed by atoms with van der Waals surface area (Å²) < 4.78 is 38.9. The lowest BCUT2D eigenvalue weighted by Crippen LogP contribution is -2.52. The Bertz CT molecular complexity index is 293. The van der Waals surface area contributed by atoms with Crippen LogP contribution in [-0.4, -0.2) is 61.5 Å². The number of alkyl halides is 3. The Labute approximate surface area is 106 Å². The van der Waals surface area contributed by atoms with Gasteiger partial charge in [-0.2, -0.15) is 13.2 Å². The van der Waals surface area contributed by atoms with Gasteiger partial charge in [0.25, 0.3) is 0 Å². The summed E-state index contributed by atoms with van der Waals surface area (Å²) in [6.07, 6.45) is -1.14. The van der Waals surface area contributed by atoms with Gasteiger partial charge in [0.15, 0.2) is 0 Å². The smallest absolute Gasteiger partial charge is 0.309 e. The highest BCUT2D eigenvalue weighted by atomic mass is 19.4. The average molecular weight is 263 g/mol. The van der Waals surface area contributed by atoms with Gasteiger partial charge in [-0.15, -0.1) is 0 Å². The molecule has 0 aromatic carbocycles. The summed E-state index contributed by atoms with van der Waals surface area (Å²) in [6, 6.07) is -0.588. The molecule has 0 spiro atoms. The Balaban J connectivity index is 2.72. The van der Waals surface area contributed by atoms with Crippen LogP contribution in [0.4, 0.5) is 13.2 Å². The average Bonchev–Trinajstić information content (AvgIpc) is 2.28. The van der Waals surface area contributed by atoms with Gasteiger partial charge in [-0.25, -0.2) is 0 Å². The van der Waals surface area contributed by atoms with E-state index in [1.165, 1.54) is 0 Å². The molecule has 1 N–H and O–H groups in total. The molecule has 1 saturated heterocycles. The van der Waals surface area contributed by atoms with Crippen molar-refractivity contribution in [3.8, 4) is 0 Å². The Morgan fingerprint density at radius 2 is 1.72 bits per heavy atom. The van der Waals surface area contributed by atoms with Gasteiger partial charge < -0.3 is 10.3 Å². The van der Waals surface area contributed by atoms with Gasteiger partial charge in [0.05, 0.1) is 5.92 Å². The number of hydrogen-bond donors (Lipinski definition) is 1. The number of hydrogen-bond acceptors (Lipinski definition) is 3. The first-order chi connectivity index (χ1) is 8.36. The van der Waals surface area contributed by atoms with E-state index in [2.05, 4.69) is 4.90 Å². The van der Waals surface area contributed by atoms with Crippen LogP contribution in [0.15, 0.2) is 12.2 Å². The molecule has 2 atom stereocenters. The topological polar surface area (TPSA) is 30.3 Å². The molecule has 104 valence electrons. The van der Waals surface area contributed by atoms with Crippen molar-refractivity contribution in [2.24, 2.45) is 5.92 Å². The molecule has 1 fully saturated rings. The van der Waals surface area contributed by atoms with Crippen molar-refractivity contribution < 1.29 is 13.2 Å². The standard InChI is InChI=1S/C12H20F3N3/c1-10(18-8-6-17(2)7-9-18)11(4-3-5-16)12(13,14)15/h3-5,10-11,16H,6-9H2,1-2H3/b4-3-,16-5?. The maximum Gasteiger partial charge on any atom is 0.396 e. The van der Waals surface area contributed by atoms with Gasteiger partial charge in [0.1, 0.15) is 0 Å². The number of allylic oxidation sites excluding steroid dienone is 1. The van der Waals surface area contributed by atoms with Crippen molar-refractivity contribution >= 4 is 6.21 Å². The number of rotatable bonds is 4. The molecule has 18 heavy (non-hydrogen) atoms. The summed E-state index contributed by atoms with van der Waals surface area (Å²) in [5.74, 6) is -1.51. The van der Waals surface area contributed by atoms with Crippen LogP contribution in [0.2, 0.25) is 0 Å². The second kappa shape index (κ2) is 6.33. The van der Waals surface area contributed by atoms with E-state index in [0.29, 0.717) is 13.1 Å². The normalized spacial score (nSPS) is 23.2. The van der Waals surface area contributed by atoms with Gasteiger partial charge >= 0.3 is 6.18 Å². The molecule has 2 unspecified atom stereocenters. The minimum Gasteiger partial charge on any atom is -0.309 e. The molecule has 1 aliphatic rings. The molecular formula is C12H20F3N3. The molecule has 1 heterocycles. The third-order valence-electron chi connectivity index (χ3n) is 3.43. The van der Waals surface area contributed by atoms with E-state index in [4.69, 9.17) is 5.41 Å². The molecule has 3 nitrogen and oxygen atoms in total. The van der Waals surface area contributed by atoms with Crippen LogP contribution in [0.25, 0.3) is 0 Å². The highest BCUT2D eigenvalue weighted by molar-refractivity contribution is 5.67. The fraction of sp³-hybridized carbons (Fsp3) is 0.750. The highest BCUT2D eigenvalue weighted by Gasteiger charge is 2.43. The molecule has 0 amide bonds. The zero-order valence-electron chi connectivity index (χ0n) is 10.7. The molecular weight excluding hydrogens is 243 g/mol. The number of nitrogens with one attached hydrogen (secondary N) is 1. The van der Waals surface area contributed by atoms with Crippen LogP contribution < -0.4 is 0 Å². The van der Waals surface area contributed by atoms with Crippen LogP contribution in [0.5, 0.6) is 0 Å². The second-order valence-electron chi connectivity index (χ2n) is 4.70. The highest BCUT2D eigenvalue weighted by Crippen LogP contribution is 2.32. The van der Waals surface area contributed by atoms with Crippen LogP contribution >= 0.6 is 0 Å². The lowest BCUT2D eigenvalue weighted by Gasteiger charge is -2.39. The quantitative estimate of drug-likeness (QED) is 0.786. The first kappa shape index (κ1) is 15.2. The van der Waals surface area contributed by atoms with Gasteiger partial charge in [0.2, 0.25) is 0 Å². The Kier molecular flexibility index (Phi) is 5.34. The molecule has 0 bridgehead atoms. The summed E-state index contributed by atoms with van der Waals surface area (Å²) >= 11 is 0. The Hall–Kier alpha value is -0.880. The number of nitrogens with zero attached hydrogens (tertiary/aromatic N) is 2. The lowest BCUT2D eigenvalue weighted by molar-refractivity contribution is -0.176. The summed E-state index contributed by atoms with van der Waals surface area (Å²) in [6.45, 7) is 4.51. The van der Waals surface area contributed by atoms with E-state index in [1.807, 2.05) is 11.9 Å². The van der Waals surface area contributed by atoms with Crippen molar-refractivity contribution in [2.75, 3.05) is 33.2 Å². The van der Waals surface area contributed by atoms with E-state index < -0.39 is 18.1 Å². The van der Waals surface area contributed by atoms with Gasteiger partial charge in [-0.3, -0.25) is 4.90 Å². The van der Waals surface area contributed by atoms with Gasteiger partial charge in [-0.1, -0.05) is 6.08 Å². The van der Waals surface area contributed by atoms with E-state index in [0.717, 1.165) is 31.5 Å². The van der Waals surface area contributed by atoms with E-state index in [-0.39, 0.29) is 0 Å². The van der Waals surface area contributed by atoms with Crippen LogP contribution in [0.3, 0.4) is 0 Å². The predicted molar refractivity (Wildman–Crippen MR) is 66.0 cm³/mol. The monoisotopic (exact) mass is 263 g/mol. The van der Waals surface area contributed by atoms with Crippen LogP contribution in [0, 0.1) is 11.3 Å². The summed E-state index contributed by atoms with van der Waals surface area (Å²) in [5.41, 5.74) is 0. The molecule has 1 aliphatic heterocycles. The lowest BCUT2D eigenvalue weighted by atomic mass is 9.97. The van der Waals surface area contributed by atoms with Crippen molar-refractivity contribution in [1.29, 1.82) is 5.41 Å². The summed E-state index contributed by atoms with van der Waals surface area (Å²) in [4.78, 5) is 3.98. The third kappa shape index (κ3) is 4.10. The first-order valence-corrected chi connectivity index (χ1v) is 6.03. The third-order valence-corrected chi connectivity index (χ3v) is 3.43. The fourth-order valence-electron chi connectivity index (χ4n) is 2.17. The van der Waals surface area contributed by atoms with Crippen molar-refractivity contribution in [1.82, 2.24) is 9.80 Å². The number of halogens is 3. The predicted octanol–water partition coefficient (Wildman–Crippen LogP) is 2.01. The number of piperazine rings is 1. The Morgan fingerprint density at radius 1 is 1.17 bits per heavy atom. The van der Waals surface area contributed by atoms with Crippen LogP contribution in [0.1, 0.15) is 6.92 Å². The largest absolute Gasteiger partial charge is 0.396 e. The van der Waals surface area contributed by atoms with Crippen LogP contribution in [-0.2, 0) is 0 Å². The summed E-state index contributed by atoms with van der Waals surface area (Å²) in [7, 11) is 1.97. The maximum absolute atomic E-state index is 13.0. The molecule has 0 radical (unpaired) electrons. The molecule has 0 aromatic rings. The molecule has 0 aromatic heterocycles. The maximum atomic E-state index is 13.0. The van der Waals surface area contributed by atoms with Crippen molar-refractivity contribution in [3.05, 3.63) is 12.2 Å². The zero-order valence-corrected chi connectivity index (χ0v) is 10.7. The summed E-state index contributed by atoms with van der Waals surface area (Å²) in [5, 5.41) is 6.81. The second-order valence-corrected chi connectivity index (χ2v) is 4.70. The van der Waals surface area contributed by atoms with E-state index >= 15 is 0 Å². The Morgan fingerprint density at radius 3 is 2.17 bits per heavy atom. The molecule has 1 rings (SSSR count). The van der Waals surface area contributed by atoms with Gasteiger partial charge in [-0.05, 0) is 20.0 Å².